The number of pyridine rings is 1. The standard InChI is InChI=1S/C14H7ClF3NO/c15-13-7-9(14(16,17)18)6-10(19-13)12-5-8-3-1-2-4-11(8)20-12/h1-7H. The quantitative estimate of drug-likeness (QED) is 0.579. The zero-order valence-electron chi connectivity index (χ0n) is 9.91. The largest absolute Gasteiger partial charge is 0.454 e. The molecule has 0 aliphatic heterocycles. The Morgan fingerprint density at radius 2 is 1.80 bits per heavy atom. The first-order chi connectivity index (χ1) is 9.43. The van der Waals surface area contributed by atoms with Gasteiger partial charge in [0.15, 0.2) is 5.76 Å². The first-order valence-corrected chi connectivity index (χ1v) is 6.05. The number of rotatable bonds is 1. The van der Waals surface area contributed by atoms with Gasteiger partial charge in [-0.2, -0.15) is 13.2 Å². The van der Waals surface area contributed by atoms with Crippen molar-refractivity contribution in [3.05, 3.63) is 53.2 Å². The van der Waals surface area contributed by atoms with Crippen LogP contribution < -0.4 is 0 Å². The van der Waals surface area contributed by atoms with E-state index in [1.165, 1.54) is 0 Å². The van der Waals surface area contributed by atoms with Crippen LogP contribution in [0.1, 0.15) is 5.56 Å². The number of benzene rings is 1. The highest BCUT2D eigenvalue weighted by Crippen LogP contribution is 2.34. The molecule has 0 unspecified atom stereocenters. The van der Waals surface area contributed by atoms with E-state index in [1.807, 2.05) is 6.07 Å². The van der Waals surface area contributed by atoms with E-state index >= 15 is 0 Å². The maximum absolute atomic E-state index is 12.8. The van der Waals surface area contributed by atoms with Crippen LogP contribution in [-0.2, 0) is 6.18 Å². The summed E-state index contributed by atoms with van der Waals surface area (Å²) < 4.78 is 43.7. The number of para-hydroxylation sites is 1. The highest BCUT2D eigenvalue weighted by molar-refractivity contribution is 6.29. The van der Waals surface area contributed by atoms with Gasteiger partial charge < -0.3 is 4.42 Å². The summed E-state index contributed by atoms with van der Waals surface area (Å²) in [5.41, 5.74) is -0.216. The van der Waals surface area contributed by atoms with Crippen molar-refractivity contribution in [3.8, 4) is 11.5 Å². The van der Waals surface area contributed by atoms with E-state index in [4.69, 9.17) is 16.0 Å². The van der Waals surface area contributed by atoms with Crippen molar-refractivity contribution in [1.82, 2.24) is 4.98 Å². The zero-order valence-corrected chi connectivity index (χ0v) is 10.7. The van der Waals surface area contributed by atoms with Crippen molar-refractivity contribution >= 4 is 22.6 Å². The second kappa shape index (κ2) is 4.52. The third-order valence-electron chi connectivity index (χ3n) is 2.80. The molecule has 0 saturated carbocycles. The van der Waals surface area contributed by atoms with Gasteiger partial charge in [-0.05, 0) is 24.3 Å². The van der Waals surface area contributed by atoms with Gasteiger partial charge in [0.2, 0.25) is 0 Å². The van der Waals surface area contributed by atoms with Crippen LogP contribution in [-0.4, -0.2) is 4.98 Å². The summed E-state index contributed by atoms with van der Waals surface area (Å²) in [5.74, 6) is 0.249. The smallest absolute Gasteiger partial charge is 0.416 e. The number of hydrogen-bond donors (Lipinski definition) is 0. The molecule has 0 amide bonds. The number of hydrogen-bond acceptors (Lipinski definition) is 2. The molecular weight excluding hydrogens is 291 g/mol. The van der Waals surface area contributed by atoms with Gasteiger partial charge in [-0.15, -0.1) is 0 Å². The number of alkyl halides is 3. The number of aromatic nitrogens is 1. The van der Waals surface area contributed by atoms with Gasteiger partial charge in [-0.25, -0.2) is 4.98 Å². The molecule has 3 aromatic rings. The molecule has 2 aromatic heterocycles. The lowest BCUT2D eigenvalue weighted by atomic mass is 10.2. The second-order valence-electron chi connectivity index (χ2n) is 4.21. The molecule has 0 aliphatic rings. The molecule has 0 radical (unpaired) electrons. The minimum atomic E-state index is -4.48. The minimum Gasteiger partial charge on any atom is -0.454 e. The molecule has 0 bridgehead atoms. The molecule has 2 nitrogen and oxygen atoms in total. The molecule has 3 rings (SSSR count). The van der Waals surface area contributed by atoms with E-state index in [-0.39, 0.29) is 16.6 Å². The molecule has 20 heavy (non-hydrogen) atoms. The van der Waals surface area contributed by atoms with Crippen LogP contribution in [0.15, 0.2) is 46.9 Å². The number of nitrogens with zero attached hydrogens (tertiary/aromatic N) is 1. The molecule has 0 fully saturated rings. The van der Waals surface area contributed by atoms with Crippen molar-refractivity contribution in [1.29, 1.82) is 0 Å². The van der Waals surface area contributed by atoms with E-state index in [2.05, 4.69) is 4.98 Å². The maximum atomic E-state index is 12.8. The Bertz CT molecular complexity index is 746. The molecule has 0 spiro atoms. The second-order valence-corrected chi connectivity index (χ2v) is 4.60. The number of fused-ring (bicyclic) bond motifs is 1. The van der Waals surface area contributed by atoms with E-state index in [1.54, 1.807) is 24.3 Å². The molecule has 0 atom stereocenters. The summed E-state index contributed by atoms with van der Waals surface area (Å²) in [4.78, 5) is 3.88. The monoisotopic (exact) mass is 297 g/mol. The predicted molar refractivity (Wildman–Crippen MR) is 69.5 cm³/mol. The Balaban J connectivity index is 2.16. The molecule has 6 heteroatoms. The number of halogens is 4. The maximum Gasteiger partial charge on any atom is 0.416 e. The Morgan fingerprint density at radius 1 is 1.05 bits per heavy atom. The third-order valence-corrected chi connectivity index (χ3v) is 2.99. The Kier molecular flexibility index (Phi) is 2.94. The lowest BCUT2D eigenvalue weighted by molar-refractivity contribution is -0.137. The van der Waals surface area contributed by atoms with E-state index in [9.17, 15) is 13.2 Å². The van der Waals surface area contributed by atoms with Crippen LogP contribution in [0, 0.1) is 0 Å². The molecule has 102 valence electrons. The molecule has 0 aliphatic carbocycles. The van der Waals surface area contributed by atoms with E-state index < -0.39 is 11.7 Å². The fraction of sp³-hybridized carbons (Fsp3) is 0.0714. The average Bonchev–Trinajstić information content (AvgIpc) is 2.80. The van der Waals surface area contributed by atoms with Crippen LogP contribution >= 0.6 is 11.6 Å². The van der Waals surface area contributed by atoms with Gasteiger partial charge in [0.1, 0.15) is 16.4 Å². The Morgan fingerprint density at radius 3 is 2.50 bits per heavy atom. The SMILES string of the molecule is FC(F)(F)c1cc(Cl)nc(-c2cc3ccccc3o2)c1. The topological polar surface area (TPSA) is 26.0 Å². The van der Waals surface area contributed by atoms with Gasteiger partial charge in [-0.3, -0.25) is 0 Å². The highest BCUT2D eigenvalue weighted by Gasteiger charge is 2.32. The summed E-state index contributed by atoms with van der Waals surface area (Å²) in [5, 5.41) is 0.563. The molecule has 1 aromatic carbocycles. The fourth-order valence-electron chi connectivity index (χ4n) is 1.89. The summed E-state index contributed by atoms with van der Waals surface area (Å²) in [6, 6.07) is 10.5. The lowest BCUT2D eigenvalue weighted by Gasteiger charge is -2.07. The van der Waals surface area contributed by atoms with Crippen LogP contribution in [0.2, 0.25) is 5.15 Å². The van der Waals surface area contributed by atoms with Gasteiger partial charge in [0, 0.05) is 5.39 Å². The van der Waals surface area contributed by atoms with Crippen molar-refractivity contribution in [2.75, 3.05) is 0 Å². The summed E-state index contributed by atoms with van der Waals surface area (Å²) in [7, 11) is 0. The third kappa shape index (κ3) is 2.36. The molecule has 2 heterocycles. The van der Waals surface area contributed by atoms with E-state index in [0.717, 1.165) is 17.5 Å². The summed E-state index contributed by atoms with van der Waals surface area (Å²) in [6.45, 7) is 0. The van der Waals surface area contributed by atoms with Gasteiger partial charge in [0.05, 0.1) is 5.56 Å². The van der Waals surface area contributed by atoms with Crippen molar-refractivity contribution < 1.29 is 17.6 Å². The van der Waals surface area contributed by atoms with Crippen LogP contribution in [0.25, 0.3) is 22.4 Å². The van der Waals surface area contributed by atoms with Gasteiger partial charge in [-0.1, -0.05) is 29.8 Å². The lowest BCUT2D eigenvalue weighted by Crippen LogP contribution is -2.05. The van der Waals surface area contributed by atoms with Crippen LogP contribution in [0.5, 0.6) is 0 Å². The molecular formula is C14H7ClF3NO. The van der Waals surface area contributed by atoms with Crippen LogP contribution in [0.3, 0.4) is 0 Å². The normalized spacial score (nSPS) is 12.0. The number of furan rings is 1. The average molecular weight is 298 g/mol. The van der Waals surface area contributed by atoms with Gasteiger partial charge in [0.25, 0.3) is 0 Å². The predicted octanol–water partition coefficient (Wildman–Crippen LogP) is 5.17. The summed E-state index contributed by atoms with van der Waals surface area (Å²) in [6.07, 6.45) is -4.48. The fourth-order valence-corrected chi connectivity index (χ4v) is 2.10. The van der Waals surface area contributed by atoms with Gasteiger partial charge >= 0.3 is 6.18 Å². The van der Waals surface area contributed by atoms with Crippen LogP contribution in [0.4, 0.5) is 13.2 Å². The summed E-state index contributed by atoms with van der Waals surface area (Å²) >= 11 is 5.65. The first-order valence-electron chi connectivity index (χ1n) is 5.67. The highest BCUT2D eigenvalue weighted by atomic mass is 35.5. The Hall–Kier alpha value is -2.01. The first kappa shape index (κ1) is 13.0. The Labute approximate surface area is 116 Å². The van der Waals surface area contributed by atoms with E-state index in [0.29, 0.717) is 5.58 Å². The zero-order chi connectivity index (χ0) is 14.3. The molecule has 0 saturated heterocycles. The van der Waals surface area contributed by atoms with Crippen molar-refractivity contribution in [2.24, 2.45) is 0 Å². The molecule has 0 N–H and O–H groups in total. The van der Waals surface area contributed by atoms with Crippen molar-refractivity contribution in [2.45, 2.75) is 6.18 Å². The van der Waals surface area contributed by atoms with Crippen molar-refractivity contribution in [3.63, 3.8) is 0 Å². The minimum absolute atomic E-state index is 0.0565.